The van der Waals surface area contributed by atoms with Gasteiger partial charge in [0.1, 0.15) is 15.4 Å². The van der Waals surface area contributed by atoms with Crippen molar-refractivity contribution in [3.05, 3.63) is 0 Å². The van der Waals surface area contributed by atoms with Crippen LogP contribution in [0.15, 0.2) is 0 Å². The number of nitrogens with two attached hydrogens (primary N) is 1. The number of ether oxygens (including phenoxy) is 2. The third kappa shape index (κ3) is 4.93. The minimum atomic E-state index is -0.0217. The Morgan fingerprint density at radius 3 is 2.40 bits per heavy atom. The van der Waals surface area contributed by atoms with Crippen LogP contribution in [-0.4, -0.2) is 36.2 Å². The van der Waals surface area contributed by atoms with E-state index in [4.69, 9.17) is 15.2 Å². The molecule has 10 heavy (non-hydrogen) atoms. The zero-order valence-electron chi connectivity index (χ0n) is 6.59. The zero-order chi connectivity index (χ0) is 7.82. The maximum Gasteiger partial charge on any atom is 0.136 e. The summed E-state index contributed by atoms with van der Waals surface area (Å²) in [6, 6.07) is 1.10. The van der Waals surface area contributed by atoms with Crippen LogP contribution >= 0.6 is 0 Å². The van der Waals surface area contributed by atoms with E-state index in [0.29, 0.717) is 9.52 Å². The van der Waals surface area contributed by atoms with Gasteiger partial charge in [-0.3, -0.25) is 0 Å². The zero-order valence-corrected chi connectivity index (χ0v) is 7.59. The molecule has 2 N–H and O–H groups in total. The Morgan fingerprint density at radius 2 is 2.00 bits per heavy atom. The average molecular weight is 161 g/mol. The summed E-state index contributed by atoms with van der Waals surface area (Å²) in [5.41, 5.74) is 5.32. The van der Waals surface area contributed by atoms with Crippen LogP contribution in [-0.2, 0) is 9.47 Å². The molecule has 3 nitrogen and oxygen atoms in total. The first-order chi connectivity index (χ1) is 4.85. The lowest BCUT2D eigenvalue weighted by Crippen LogP contribution is -2.21. The van der Waals surface area contributed by atoms with Crippen molar-refractivity contribution >= 4 is 9.52 Å². The normalized spacial score (nSPS) is 10.8. The van der Waals surface area contributed by atoms with Crippen molar-refractivity contribution in [3.63, 3.8) is 0 Å². The average Bonchev–Trinajstić information content (AvgIpc) is 1.99. The Labute approximate surface area is 64.7 Å². The molecule has 0 aliphatic rings. The molecule has 2 radical (unpaired) electrons. The minimum Gasteiger partial charge on any atom is -0.360 e. The van der Waals surface area contributed by atoms with Crippen LogP contribution in [0.3, 0.4) is 0 Å². The van der Waals surface area contributed by atoms with Gasteiger partial charge in [-0.15, -0.1) is 0 Å². The van der Waals surface area contributed by atoms with E-state index in [2.05, 4.69) is 0 Å². The lowest BCUT2D eigenvalue weighted by molar-refractivity contribution is -0.0441. The van der Waals surface area contributed by atoms with E-state index in [0.717, 1.165) is 19.0 Å². The Morgan fingerprint density at radius 1 is 1.40 bits per heavy atom. The molecule has 0 heterocycles. The van der Waals surface area contributed by atoms with Crippen LogP contribution in [0.5, 0.6) is 0 Å². The predicted octanol–water partition coefficient (Wildman–Crippen LogP) is 0.0341. The molecule has 0 unspecified atom stereocenters. The lowest BCUT2D eigenvalue weighted by Gasteiger charge is -2.10. The first kappa shape index (κ1) is 10.1. The summed E-state index contributed by atoms with van der Waals surface area (Å²) in [4.78, 5) is 0. The standard InChI is InChI=1S/C6H15NO2Si/c1-8-6(9-2)10-5-3-4-7/h6H,3-5,7H2,1-2H3. The molecule has 0 saturated carbocycles. The molecule has 0 aromatic heterocycles. The van der Waals surface area contributed by atoms with Crippen LogP contribution in [0.4, 0.5) is 0 Å². The Bertz CT molecular complexity index is 68.8. The Hall–Kier alpha value is 0.0969. The van der Waals surface area contributed by atoms with E-state index in [-0.39, 0.29) is 5.91 Å². The van der Waals surface area contributed by atoms with Gasteiger partial charge in [-0.1, -0.05) is 6.04 Å². The fourth-order valence-electron chi connectivity index (χ4n) is 0.585. The van der Waals surface area contributed by atoms with Crippen molar-refractivity contribution in [1.82, 2.24) is 0 Å². The van der Waals surface area contributed by atoms with Gasteiger partial charge in [0.25, 0.3) is 0 Å². The van der Waals surface area contributed by atoms with Crippen molar-refractivity contribution in [1.29, 1.82) is 0 Å². The van der Waals surface area contributed by atoms with Gasteiger partial charge in [-0.2, -0.15) is 0 Å². The molecule has 0 amide bonds. The summed E-state index contributed by atoms with van der Waals surface area (Å²) in [5.74, 6) is -0.0217. The van der Waals surface area contributed by atoms with E-state index >= 15 is 0 Å². The van der Waals surface area contributed by atoms with Crippen LogP contribution in [0.2, 0.25) is 6.04 Å². The summed E-state index contributed by atoms with van der Waals surface area (Å²) in [6.45, 7) is 0.757. The predicted molar refractivity (Wildman–Crippen MR) is 42.0 cm³/mol. The highest BCUT2D eigenvalue weighted by molar-refractivity contribution is 6.36. The van der Waals surface area contributed by atoms with E-state index in [1.165, 1.54) is 0 Å². The van der Waals surface area contributed by atoms with Gasteiger partial charge in [-0.05, 0) is 13.0 Å². The number of hydrogen-bond acceptors (Lipinski definition) is 3. The summed E-state index contributed by atoms with van der Waals surface area (Å²) in [5, 5.41) is 0. The molecule has 0 atom stereocenters. The number of hydrogen-bond donors (Lipinski definition) is 1. The monoisotopic (exact) mass is 161 g/mol. The van der Waals surface area contributed by atoms with Crippen molar-refractivity contribution in [3.8, 4) is 0 Å². The molecule has 0 aromatic carbocycles. The van der Waals surface area contributed by atoms with Crippen molar-refractivity contribution < 1.29 is 9.47 Å². The summed E-state index contributed by atoms with van der Waals surface area (Å²) in [6.07, 6.45) is 1.06. The van der Waals surface area contributed by atoms with E-state index in [9.17, 15) is 0 Å². The largest absolute Gasteiger partial charge is 0.360 e. The first-order valence-corrected chi connectivity index (χ1v) is 4.62. The quantitative estimate of drug-likeness (QED) is 0.340. The molecule has 0 aliphatic carbocycles. The van der Waals surface area contributed by atoms with Crippen LogP contribution in [0.25, 0.3) is 0 Å². The Balaban J connectivity index is 3.09. The molecule has 0 fully saturated rings. The number of rotatable bonds is 6. The summed E-state index contributed by atoms with van der Waals surface area (Å²) >= 11 is 0. The lowest BCUT2D eigenvalue weighted by atomic mass is 10.5. The highest BCUT2D eigenvalue weighted by Gasteiger charge is 2.03. The smallest absolute Gasteiger partial charge is 0.136 e. The molecule has 0 rings (SSSR count). The second-order valence-electron chi connectivity index (χ2n) is 1.90. The molecule has 0 bridgehead atoms. The van der Waals surface area contributed by atoms with Crippen LogP contribution in [0, 0.1) is 0 Å². The van der Waals surface area contributed by atoms with Crippen molar-refractivity contribution in [2.75, 3.05) is 20.8 Å². The second kappa shape index (κ2) is 7.21. The van der Waals surface area contributed by atoms with Gasteiger partial charge in [0.05, 0.1) is 0 Å². The highest BCUT2D eigenvalue weighted by atomic mass is 28.2. The maximum absolute atomic E-state index is 5.32. The molecular weight excluding hydrogens is 146 g/mol. The van der Waals surface area contributed by atoms with Gasteiger partial charge < -0.3 is 15.2 Å². The van der Waals surface area contributed by atoms with Crippen LogP contribution in [0.1, 0.15) is 6.42 Å². The fourth-order valence-corrected chi connectivity index (χ4v) is 1.56. The first-order valence-electron chi connectivity index (χ1n) is 3.34. The fraction of sp³-hybridized carbons (Fsp3) is 1.00. The number of methoxy groups -OCH3 is 2. The van der Waals surface area contributed by atoms with Crippen molar-refractivity contribution in [2.24, 2.45) is 5.73 Å². The van der Waals surface area contributed by atoms with Gasteiger partial charge in [0.2, 0.25) is 0 Å². The molecule has 0 saturated heterocycles. The maximum atomic E-state index is 5.32. The Kier molecular flexibility index (Phi) is 7.28. The van der Waals surface area contributed by atoms with Gasteiger partial charge in [0, 0.05) is 14.2 Å². The van der Waals surface area contributed by atoms with Gasteiger partial charge in [-0.25, -0.2) is 0 Å². The molecular formula is C6H15NO2Si. The molecule has 0 aromatic rings. The summed E-state index contributed by atoms with van der Waals surface area (Å²) < 4.78 is 9.99. The van der Waals surface area contributed by atoms with E-state index in [1.54, 1.807) is 14.2 Å². The topological polar surface area (TPSA) is 44.5 Å². The molecule has 60 valence electrons. The second-order valence-corrected chi connectivity index (χ2v) is 3.28. The van der Waals surface area contributed by atoms with Crippen molar-refractivity contribution in [2.45, 2.75) is 18.4 Å². The van der Waals surface area contributed by atoms with Gasteiger partial charge in [0.15, 0.2) is 0 Å². The van der Waals surface area contributed by atoms with E-state index < -0.39 is 0 Å². The van der Waals surface area contributed by atoms with Gasteiger partial charge >= 0.3 is 0 Å². The highest BCUT2D eigenvalue weighted by Crippen LogP contribution is 1.94. The third-order valence-corrected chi connectivity index (χ3v) is 2.57. The summed E-state index contributed by atoms with van der Waals surface area (Å²) in [7, 11) is 4.02. The molecule has 4 heteroatoms. The third-order valence-electron chi connectivity index (χ3n) is 1.12. The van der Waals surface area contributed by atoms with E-state index in [1.807, 2.05) is 0 Å². The van der Waals surface area contributed by atoms with Crippen LogP contribution < -0.4 is 5.73 Å². The SMILES string of the molecule is COC(OC)[Si]CCCN. The molecule has 0 aliphatic heterocycles. The molecule has 0 spiro atoms. The minimum absolute atomic E-state index is 0.0217.